The Morgan fingerprint density at radius 3 is 2.77 bits per heavy atom. The molecule has 0 unspecified atom stereocenters. The van der Waals surface area contributed by atoms with E-state index in [0.29, 0.717) is 16.5 Å². The third-order valence-electron chi connectivity index (χ3n) is 3.66. The lowest BCUT2D eigenvalue weighted by Gasteiger charge is -2.08. The van der Waals surface area contributed by atoms with Gasteiger partial charge in [-0.3, -0.25) is 4.79 Å². The van der Waals surface area contributed by atoms with Crippen LogP contribution < -0.4 is 0 Å². The highest BCUT2D eigenvalue weighted by Crippen LogP contribution is 2.28. The molecule has 0 amide bonds. The molecule has 0 saturated heterocycles. The molecule has 0 bridgehead atoms. The number of aromatic nitrogens is 2. The highest BCUT2D eigenvalue weighted by Gasteiger charge is 2.14. The van der Waals surface area contributed by atoms with Gasteiger partial charge in [0.05, 0.1) is 23.7 Å². The number of halogens is 1. The van der Waals surface area contributed by atoms with Crippen LogP contribution in [0, 0.1) is 0 Å². The van der Waals surface area contributed by atoms with Crippen LogP contribution in [0.4, 0.5) is 0 Å². The van der Waals surface area contributed by atoms with Gasteiger partial charge in [-0.05, 0) is 35.9 Å². The second kappa shape index (κ2) is 7.92. The topological polar surface area (TPSA) is 81.4 Å². The lowest BCUT2D eigenvalue weighted by Crippen LogP contribution is -2.09. The van der Waals surface area contributed by atoms with Crippen molar-refractivity contribution in [1.82, 2.24) is 9.55 Å². The first kappa shape index (κ1) is 18.5. The number of methoxy groups -OCH3 is 1. The number of ether oxygens (including phenoxy) is 1. The fraction of sp³-hybridized carbons (Fsp3) is 0.167. The minimum Gasteiger partial charge on any atom is -0.480 e. The van der Waals surface area contributed by atoms with Gasteiger partial charge in [-0.25, -0.2) is 9.78 Å². The molecule has 1 aromatic heterocycles. The molecule has 3 aromatic rings. The summed E-state index contributed by atoms with van der Waals surface area (Å²) < 4.78 is 7.22. The van der Waals surface area contributed by atoms with Crippen molar-refractivity contribution >= 4 is 50.7 Å². The lowest BCUT2D eigenvalue weighted by molar-refractivity contribution is -0.137. The van der Waals surface area contributed by atoms with Gasteiger partial charge in [-0.1, -0.05) is 39.8 Å². The normalized spacial score (nSPS) is 10.8. The summed E-state index contributed by atoms with van der Waals surface area (Å²) in [5.74, 6) is -0.798. The van der Waals surface area contributed by atoms with E-state index in [9.17, 15) is 14.7 Å². The summed E-state index contributed by atoms with van der Waals surface area (Å²) in [6.45, 7) is -0.158. The highest BCUT2D eigenvalue weighted by molar-refractivity contribution is 9.10. The Balaban J connectivity index is 1.89. The molecule has 0 aliphatic carbocycles. The molecule has 3 rings (SSSR count). The van der Waals surface area contributed by atoms with E-state index < -0.39 is 11.9 Å². The maximum Gasteiger partial charge on any atom is 0.337 e. The van der Waals surface area contributed by atoms with Crippen molar-refractivity contribution in [3.63, 3.8) is 0 Å². The fourth-order valence-electron chi connectivity index (χ4n) is 2.57. The van der Waals surface area contributed by atoms with Crippen molar-refractivity contribution in [1.29, 1.82) is 0 Å². The summed E-state index contributed by atoms with van der Waals surface area (Å²) in [6, 6.07) is 12.8. The van der Waals surface area contributed by atoms with Crippen molar-refractivity contribution in [3.8, 4) is 0 Å². The zero-order valence-electron chi connectivity index (χ0n) is 13.8. The number of benzene rings is 2. The van der Waals surface area contributed by atoms with Gasteiger partial charge in [0.2, 0.25) is 0 Å². The number of hydrogen-bond donors (Lipinski definition) is 1. The molecule has 0 radical (unpaired) electrons. The van der Waals surface area contributed by atoms with E-state index in [1.165, 1.54) is 18.9 Å². The number of rotatable bonds is 6. The molecule has 0 aliphatic heterocycles. The van der Waals surface area contributed by atoms with Gasteiger partial charge in [0.25, 0.3) is 0 Å². The second-order valence-corrected chi connectivity index (χ2v) is 7.35. The van der Waals surface area contributed by atoms with Gasteiger partial charge in [0, 0.05) is 10.2 Å². The third kappa shape index (κ3) is 4.08. The van der Waals surface area contributed by atoms with Crippen LogP contribution in [0.1, 0.15) is 15.9 Å². The van der Waals surface area contributed by atoms with Gasteiger partial charge in [0.1, 0.15) is 6.54 Å². The van der Waals surface area contributed by atoms with Gasteiger partial charge in [0.15, 0.2) is 5.16 Å². The number of carboxylic acids is 1. The molecule has 1 N–H and O–H groups in total. The number of carbonyl (C=O) groups is 2. The average molecular weight is 435 g/mol. The zero-order chi connectivity index (χ0) is 18.7. The summed E-state index contributed by atoms with van der Waals surface area (Å²) in [5, 5.41) is 9.82. The first-order valence-electron chi connectivity index (χ1n) is 7.65. The number of hydrogen-bond acceptors (Lipinski definition) is 5. The monoisotopic (exact) mass is 434 g/mol. The van der Waals surface area contributed by atoms with E-state index in [2.05, 4.69) is 20.9 Å². The number of nitrogens with zero attached hydrogens (tertiary/aromatic N) is 2. The molecule has 0 atom stereocenters. The van der Waals surface area contributed by atoms with Crippen LogP contribution in [0.15, 0.2) is 52.1 Å². The van der Waals surface area contributed by atoms with Gasteiger partial charge in [-0.15, -0.1) is 0 Å². The third-order valence-corrected chi connectivity index (χ3v) is 5.16. The van der Waals surface area contributed by atoms with E-state index in [0.717, 1.165) is 21.1 Å². The Morgan fingerprint density at radius 1 is 1.27 bits per heavy atom. The minimum atomic E-state index is -0.926. The maximum atomic E-state index is 11.8. The van der Waals surface area contributed by atoms with Gasteiger partial charge < -0.3 is 14.4 Å². The van der Waals surface area contributed by atoms with Crippen LogP contribution >= 0.6 is 27.7 Å². The number of esters is 1. The van der Waals surface area contributed by atoms with E-state index in [1.54, 1.807) is 16.7 Å². The van der Waals surface area contributed by atoms with E-state index in [4.69, 9.17) is 4.74 Å². The molecule has 6 nitrogen and oxygen atoms in total. The van der Waals surface area contributed by atoms with Gasteiger partial charge in [-0.2, -0.15) is 0 Å². The Labute approximate surface area is 162 Å². The van der Waals surface area contributed by atoms with E-state index in [-0.39, 0.29) is 6.54 Å². The Morgan fingerprint density at radius 2 is 2.04 bits per heavy atom. The summed E-state index contributed by atoms with van der Waals surface area (Å²) in [6.07, 6.45) is 0. The zero-order valence-corrected chi connectivity index (χ0v) is 16.2. The molecular weight excluding hydrogens is 420 g/mol. The molecule has 26 heavy (non-hydrogen) atoms. The Kier molecular flexibility index (Phi) is 5.63. The highest BCUT2D eigenvalue weighted by atomic mass is 79.9. The van der Waals surface area contributed by atoms with Crippen molar-refractivity contribution in [2.75, 3.05) is 7.11 Å². The molecule has 0 aliphatic rings. The lowest BCUT2D eigenvalue weighted by atomic mass is 10.1. The molecule has 0 saturated carbocycles. The number of fused-ring (bicyclic) bond motifs is 1. The summed E-state index contributed by atoms with van der Waals surface area (Å²) >= 11 is 4.82. The second-order valence-electron chi connectivity index (χ2n) is 5.49. The molecule has 1 heterocycles. The van der Waals surface area contributed by atoms with E-state index >= 15 is 0 Å². The van der Waals surface area contributed by atoms with Gasteiger partial charge >= 0.3 is 11.9 Å². The number of imidazole rings is 1. The number of aliphatic carboxylic acids is 1. The number of carbonyl (C=O) groups excluding carboxylic acids is 1. The Hall–Kier alpha value is -2.32. The Bertz CT molecular complexity index is 986. The number of thioether (sulfide) groups is 1. The van der Waals surface area contributed by atoms with Crippen molar-refractivity contribution in [2.24, 2.45) is 0 Å². The van der Waals surface area contributed by atoms with Crippen LogP contribution in [-0.4, -0.2) is 33.7 Å². The van der Waals surface area contributed by atoms with Crippen molar-refractivity contribution in [2.45, 2.75) is 17.5 Å². The molecular formula is C18H15BrN2O4S. The predicted octanol–water partition coefficient (Wildman–Crippen LogP) is 3.96. The first-order chi connectivity index (χ1) is 12.5. The molecule has 2 aromatic carbocycles. The predicted molar refractivity (Wildman–Crippen MR) is 102 cm³/mol. The smallest absolute Gasteiger partial charge is 0.337 e. The molecule has 8 heteroatoms. The fourth-order valence-corrected chi connectivity index (χ4v) is 4.05. The maximum absolute atomic E-state index is 11.8. The van der Waals surface area contributed by atoms with Crippen LogP contribution in [0.25, 0.3) is 11.0 Å². The van der Waals surface area contributed by atoms with Crippen LogP contribution in [-0.2, 0) is 21.8 Å². The summed E-state index contributed by atoms with van der Waals surface area (Å²) in [5.41, 5.74) is 2.89. The largest absolute Gasteiger partial charge is 0.480 e. The first-order valence-corrected chi connectivity index (χ1v) is 9.43. The average Bonchev–Trinajstić information content (AvgIpc) is 2.96. The summed E-state index contributed by atoms with van der Waals surface area (Å²) in [7, 11) is 1.34. The van der Waals surface area contributed by atoms with Crippen LogP contribution in [0.5, 0.6) is 0 Å². The van der Waals surface area contributed by atoms with Crippen molar-refractivity contribution < 1.29 is 19.4 Å². The quantitative estimate of drug-likeness (QED) is 0.466. The number of carboxylic acid groups (broad SMARTS) is 1. The summed E-state index contributed by atoms with van der Waals surface area (Å²) in [4.78, 5) is 27.5. The SMILES string of the molecule is COC(=O)c1cc(Br)cc(CSc2nc3ccccc3n2CC(=O)O)c1. The van der Waals surface area contributed by atoms with Crippen LogP contribution in [0.3, 0.4) is 0 Å². The minimum absolute atomic E-state index is 0.158. The van der Waals surface area contributed by atoms with E-state index in [1.807, 2.05) is 30.3 Å². The number of para-hydroxylation sites is 2. The van der Waals surface area contributed by atoms with Crippen LogP contribution in [0.2, 0.25) is 0 Å². The molecule has 0 fully saturated rings. The molecule has 134 valence electrons. The van der Waals surface area contributed by atoms with Crippen molar-refractivity contribution in [3.05, 3.63) is 58.1 Å². The standard InChI is InChI=1S/C18H15BrN2O4S/c1-25-17(24)12-6-11(7-13(19)8-12)10-26-18-20-14-4-2-3-5-15(14)21(18)9-16(22)23/h2-8H,9-10H2,1H3,(H,22,23). The molecule has 0 spiro atoms.